The Kier molecular flexibility index (Phi) is 3.54. The Hall–Kier alpha value is -2.46. The lowest BCUT2D eigenvalue weighted by molar-refractivity contribution is -0.892. The second-order valence-electron chi connectivity index (χ2n) is 5.36. The van der Waals surface area contributed by atoms with E-state index in [1.807, 2.05) is 37.4 Å². The molecule has 1 aliphatic rings. The van der Waals surface area contributed by atoms with Gasteiger partial charge in [0, 0.05) is 5.56 Å². The predicted octanol–water partition coefficient (Wildman–Crippen LogP) is 0.888. The van der Waals surface area contributed by atoms with E-state index in [4.69, 9.17) is 0 Å². The molecule has 3 rings (SSSR count). The highest BCUT2D eigenvalue weighted by Crippen LogP contribution is 2.27. The van der Waals surface area contributed by atoms with Crippen LogP contribution in [0.3, 0.4) is 0 Å². The van der Waals surface area contributed by atoms with Crippen LogP contribution in [0.1, 0.15) is 15.9 Å². The van der Waals surface area contributed by atoms with Crippen molar-refractivity contribution in [2.24, 2.45) is 0 Å². The molecule has 1 atom stereocenters. The van der Waals surface area contributed by atoms with Gasteiger partial charge in [-0.3, -0.25) is 14.5 Å². The summed E-state index contributed by atoms with van der Waals surface area (Å²) in [5.74, 6) is -0.832. The first-order chi connectivity index (χ1) is 10.2. The van der Waals surface area contributed by atoms with Crippen molar-refractivity contribution in [2.75, 3.05) is 18.6 Å². The standard InChI is InChI=1S/C17H16N2O2/c1-18(11-13-7-3-2-4-8-13)12-19-15-10-6-5-9-14(15)16(20)17(19)21/h2-10H,11-12H2,1H3/p+1. The van der Waals surface area contributed by atoms with Gasteiger partial charge in [-0.25, -0.2) is 0 Å². The van der Waals surface area contributed by atoms with Gasteiger partial charge in [0.2, 0.25) is 0 Å². The Balaban J connectivity index is 1.76. The smallest absolute Gasteiger partial charge is 0.303 e. The summed E-state index contributed by atoms with van der Waals surface area (Å²) in [6, 6.07) is 17.3. The van der Waals surface area contributed by atoms with Crippen molar-refractivity contribution in [2.45, 2.75) is 6.54 Å². The highest BCUT2D eigenvalue weighted by atomic mass is 16.2. The van der Waals surface area contributed by atoms with E-state index in [1.54, 1.807) is 17.0 Å². The Labute approximate surface area is 123 Å². The fraction of sp³-hybridized carbons (Fsp3) is 0.176. The molecule has 4 nitrogen and oxygen atoms in total. The second-order valence-corrected chi connectivity index (χ2v) is 5.36. The zero-order valence-corrected chi connectivity index (χ0v) is 11.9. The summed E-state index contributed by atoms with van der Waals surface area (Å²) in [6.45, 7) is 1.29. The van der Waals surface area contributed by atoms with Crippen LogP contribution in [0.15, 0.2) is 54.6 Å². The van der Waals surface area contributed by atoms with Crippen molar-refractivity contribution in [3.05, 3.63) is 65.7 Å². The molecule has 0 aromatic heterocycles. The maximum absolute atomic E-state index is 12.1. The van der Waals surface area contributed by atoms with Crippen LogP contribution in [0.4, 0.5) is 5.69 Å². The van der Waals surface area contributed by atoms with E-state index in [2.05, 4.69) is 12.1 Å². The molecular weight excluding hydrogens is 264 g/mol. The van der Waals surface area contributed by atoms with Crippen molar-refractivity contribution in [3.8, 4) is 0 Å². The van der Waals surface area contributed by atoms with Gasteiger partial charge >= 0.3 is 5.91 Å². The molecule has 1 N–H and O–H groups in total. The van der Waals surface area contributed by atoms with Gasteiger partial charge in [-0.15, -0.1) is 0 Å². The summed E-state index contributed by atoms with van der Waals surface area (Å²) in [7, 11) is 2.02. The van der Waals surface area contributed by atoms with Gasteiger partial charge in [-0.05, 0) is 12.1 Å². The van der Waals surface area contributed by atoms with Gasteiger partial charge in [-0.2, -0.15) is 0 Å². The molecule has 21 heavy (non-hydrogen) atoms. The van der Waals surface area contributed by atoms with Crippen LogP contribution < -0.4 is 9.80 Å². The van der Waals surface area contributed by atoms with E-state index in [0.717, 1.165) is 17.1 Å². The molecule has 2 aromatic carbocycles. The lowest BCUT2D eigenvalue weighted by Gasteiger charge is -2.21. The minimum absolute atomic E-state index is 0.405. The Morgan fingerprint density at radius 1 is 0.952 bits per heavy atom. The van der Waals surface area contributed by atoms with E-state index in [0.29, 0.717) is 12.2 Å². The zero-order chi connectivity index (χ0) is 14.8. The molecule has 0 spiro atoms. The number of benzene rings is 2. The quantitative estimate of drug-likeness (QED) is 0.846. The monoisotopic (exact) mass is 281 g/mol. The molecule has 2 aromatic rings. The first-order valence-electron chi connectivity index (χ1n) is 6.97. The SMILES string of the molecule is C[NH+](Cc1ccccc1)CN1C(=O)C(=O)c2ccccc21. The second kappa shape index (κ2) is 5.50. The van der Waals surface area contributed by atoms with Crippen molar-refractivity contribution in [3.63, 3.8) is 0 Å². The van der Waals surface area contributed by atoms with E-state index in [-0.39, 0.29) is 0 Å². The van der Waals surface area contributed by atoms with Crippen LogP contribution in [-0.4, -0.2) is 25.4 Å². The number of nitrogens with zero attached hydrogens (tertiary/aromatic N) is 1. The van der Waals surface area contributed by atoms with Crippen LogP contribution in [-0.2, 0) is 11.3 Å². The van der Waals surface area contributed by atoms with Crippen molar-refractivity contribution >= 4 is 17.4 Å². The van der Waals surface area contributed by atoms with E-state index < -0.39 is 11.7 Å². The number of fused-ring (bicyclic) bond motifs is 1. The van der Waals surface area contributed by atoms with Crippen LogP contribution in [0, 0.1) is 0 Å². The highest BCUT2D eigenvalue weighted by Gasteiger charge is 2.36. The Bertz CT molecular complexity index is 682. The first kappa shape index (κ1) is 13.5. The third-order valence-corrected chi connectivity index (χ3v) is 3.66. The zero-order valence-electron chi connectivity index (χ0n) is 11.9. The van der Waals surface area contributed by atoms with E-state index in [9.17, 15) is 9.59 Å². The number of hydrogen-bond acceptors (Lipinski definition) is 2. The summed E-state index contributed by atoms with van der Waals surface area (Å²) in [5.41, 5.74) is 2.44. The van der Waals surface area contributed by atoms with E-state index >= 15 is 0 Å². The summed E-state index contributed by atoms with van der Waals surface area (Å²) in [6.07, 6.45) is 0. The number of anilines is 1. The van der Waals surface area contributed by atoms with Crippen molar-refractivity contribution in [1.82, 2.24) is 0 Å². The molecule has 0 saturated carbocycles. The molecule has 4 heteroatoms. The van der Waals surface area contributed by atoms with Crippen LogP contribution in [0.25, 0.3) is 0 Å². The average Bonchev–Trinajstić information content (AvgIpc) is 2.74. The van der Waals surface area contributed by atoms with Crippen molar-refractivity contribution in [1.29, 1.82) is 0 Å². The maximum Gasteiger partial charge on any atom is 0.303 e. The molecule has 0 radical (unpaired) electrons. The molecule has 0 fully saturated rings. The van der Waals surface area contributed by atoms with Crippen molar-refractivity contribution < 1.29 is 14.5 Å². The molecule has 0 bridgehead atoms. The number of Topliss-reactive ketones (excluding diaryl/α,β-unsaturated/α-hetero) is 1. The van der Waals surface area contributed by atoms with Crippen LogP contribution >= 0.6 is 0 Å². The summed E-state index contributed by atoms with van der Waals surface area (Å²) >= 11 is 0. The third-order valence-electron chi connectivity index (χ3n) is 3.66. The number of amides is 1. The lowest BCUT2D eigenvalue weighted by Crippen LogP contribution is -3.09. The highest BCUT2D eigenvalue weighted by molar-refractivity contribution is 6.52. The number of carbonyl (C=O) groups excluding carboxylic acids is 2. The average molecular weight is 281 g/mol. The molecule has 1 aliphatic heterocycles. The number of carbonyl (C=O) groups is 2. The van der Waals surface area contributed by atoms with Gasteiger partial charge < -0.3 is 4.90 Å². The lowest BCUT2D eigenvalue weighted by atomic mass is 10.1. The Morgan fingerprint density at radius 2 is 1.62 bits per heavy atom. The van der Waals surface area contributed by atoms with Gasteiger partial charge in [0.15, 0.2) is 6.67 Å². The number of quaternary nitrogens is 1. The fourth-order valence-electron chi connectivity index (χ4n) is 2.68. The molecule has 106 valence electrons. The molecule has 1 heterocycles. The number of nitrogens with one attached hydrogen (secondary N) is 1. The summed E-state index contributed by atoms with van der Waals surface area (Å²) in [4.78, 5) is 26.8. The minimum atomic E-state index is -0.427. The molecular formula is C17H17N2O2+. The summed E-state index contributed by atoms with van der Waals surface area (Å²) in [5, 5.41) is 0. The Morgan fingerprint density at radius 3 is 2.38 bits per heavy atom. The number of rotatable bonds is 4. The predicted molar refractivity (Wildman–Crippen MR) is 80.2 cm³/mol. The minimum Gasteiger partial charge on any atom is -0.316 e. The van der Waals surface area contributed by atoms with E-state index in [1.165, 1.54) is 5.56 Å². The topological polar surface area (TPSA) is 41.8 Å². The van der Waals surface area contributed by atoms with Gasteiger partial charge in [0.1, 0.15) is 6.54 Å². The number of para-hydroxylation sites is 1. The normalized spacial score (nSPS) is 15.2. The van der Waals surface area contributed by atoms with Gasteiger partial charge in [-0.1, -0.05) is 42.5 Å². The largest absolute Gasteiger partial charge is 0.316 e. The van der Waals surface area contributed by atoms with Crippen LogP contribution in [0.5, 0.6) is 0 Å². The van der Waals surface area contributed by atoms with Gasteiger partial charge in [0.25, 0.3) is 5.78 Å². The number of ketones is 1. The summed E-state index contributed by atoms with van der Waals surface area (Å²) < 4.78 is 0. The fourth-order valence-corrected chi connectivity index (χ4v) is 2.68. The first-order valence-corrected chi connectivity index (χ1v) is 6.97. The molecule has 0 aliphatic carbocycles. The number of hydrogen-bond donors (Lipinski definition) is 1. The maximum atomic E-state index is 12.1. The molecule has 1 unspecified atom stereocenters. The third kappa shape index (κ3) is 2.58. The molecule has 0 saturated heterocycles. The van der Waals surface area contributed by atoms with Crippen LogP contribution in [0.2, 0.25) is 0 Å². The van der Waals surface area contributed by atoms with Gasteiger partial charge in [0.05, 0.1) is 18.3 Å². The molecule has 1 amide bonds.